The first-order valence-electron chi connectivity index (χ1n) is 7.70. The third-order valence-electron chi connectivity index (χ3n) is 3.37. The second kappa shape index (κ2) is 8.96. The predicted molar refractivity (Wildman–Crippen MR) is 101 cm³/mol. The van der Waals surface area contributed by atoms with Crippen molar-refractivity contribution >= 4 is 39.8 Å². The molecule has 0 aromatic heterocycles. The Bertz CT molecular complexity index is 860. The molecule has 2 rings (SSSR count). The van der Waals surface area contributed by atoms with Gasteiger partial charge in [-0.05, 0) is 42.8 Å². The Hall–Kier alpha value is -2.93. The monoisotopic (exact) mass is 416 g/mol. The minimum atomic E-state index is -1.18. The fraction of sp³-hybridized carbons (Fsp3) is 0.105. The number of benzene rings is 2. The number of aryl methyl sites for hydroxylation is 1. The van der Waals surface area contributed by atoms with Crippen molar-refractivity contribution in [2.24, 2.45) is 0 Å². The zero-order chi connectivity index (χ0) is 19.1. The van der Waals surface area contributed by atoms with Crippen molar-refractivity contribution in [1.82, 2.24) is 10.6 Å². The van der Waals surface area contributed by atoms with E-state index in [1.807, 2.05) is 13.0 Å². The molecule has 0 heterocycles. The average Bonchev–Trinajstić information content (AvgIpc) is 2.59. The topological polar surface area (TPSA) is 95.5 Å². The van der Waals surface area contributed by atoms with E-state index < -0.39 is 24.3 Å². The summed E-state index contributed by atoms with van der Waals surface area (Å²) in [5.74, 6) is -2.32. The molecule has 0 aliphatic heterocycles. The summed E-state index contributed by atoms with van der Waals surface area (Å²) in [5, 5.41) is 13.5. The van der Waals surface area contributed by atoms with Crippen LogP contribution in [0.2, 0.25) is 0 Å². The Morgan fingerprint density at radius 3 is 2.42 bits per heavy atom. The highest BCUT2D eigenvalue weighted by Crippen LogP contribution is 2.14. The van der Waals surface area contributed by atoms with E-state index in [0.717, 1.165) is 10.0 Å². The molecule has 0 spiro atoms. The van der Waals surface area contributed by atoms with Crippen LogP contribution in [0.5, 0.6) is 0 Å². The second-order valence-electron chi connectivity index (χ2n) is 5.51. The van der Waals surface area contributed by atoms with Crippen LogP contribution >= 0.6 is 15.9 Å². The van der Waals surface area contributed by atoms with Crippen LogP contribution in [0.1, 0.15) is 21.5 Å². The van der Waals surface area contributed by atoms with Crippen LogP contribution in [0.25, 0.3) is 6.08 Å². The largest absolute Gasteiger partial charge is 0.480 e. The quantitative estimate of drug-likeness (QED) is 0.630. The third-order valence-corrected chi connectivity index (χ3v) is 3.86. The van der Waals surface area contributed by atoms with Crippen molar-refractivity contribution in [2.75, 3.05) is 6.54 Å². The highest BCUT2D eigenvalue weighted by molar-refractivity contribution is 9.10. The molecule has 26 heavy (non-hydrogen) atoms. The van der Waals surface area contributed by atoms with Crippen LogP contribution in [0.4, 0.5) is 0 Å². The minimum absolute atomic E-state index is 0.0464. The van der Waals surface area contributed by atoms with E-state index in [9.17, 15) is 14.4 Å². The van der Waals surface area contributed by atoms with Crippen molar-refractivity contribution < 1.29 is 19.5 Å². The Morgan fingerprint density at radius 1 is 1.12 bits per heavy atom. The van der Waals surface area contributed by atoms with Crippen LogP contribution in [-0.2, 0) is 9.59 Å². The van der Waals surface area contributed by atoms with Crippen molar-refractivity contribution in [1.29, 1.82) is 0 Å². The molecule has 134 valence electrons. The van der Waals surface area contributed by atoms with Gasteiger partial charge in [0.25, 0.3) is 11.8 Å². The Kier molecular flexibility index (Phi) is 6.68. The van der Waals surface area contributed by atoms with Gasteiger partial charge in [-0.2, -0.15) is 0 Å². The number of rotatable bonds is 6. The van der Waals surface area contributed by atoms with Gasteiger partial charge in [-0.3, -0.25) is 14.4 Å². The summed E-state index contributed by atoms with van der Waals surface area (Å²) in [7, 11) is 0. The van der Waals surface area contributed by atoms with E-state index in [0.29, 0.717) is 11.1 Å². The molecule has 3 N–H and O–H groups in total. The number of carbonyl (C=O) groups is 3. The smallest absolute Gasteiger partial charge is 0.322 e. The van der Waals surface area contributed by atoms with Crippen molar-refractivity contribution in [3.8, 4) is 0 Å². The van der Waals surface area contributed by atoms with E-state index in [4.69, 9.17) is 5.11 Å². The van der Waals surface area contributed by atoms with E-state index in [2.05, 4.69) is 26.6 Å². The molecule has 2 aromatic rings. The molecule has 0 saturated heterocycles. The molecule has 7 heteroatoms. The summed E-state index contributed by atoms with van der Waals surface area (Å²) in [6, 6.07) is 14.0. The Labute approximate surface area is 159 Å². The molecular weight excluding hydrogens is 400 g/mol. The van der Waals surface area contributed by atoms with E-state index in [1.165, 1.54) is 6.08 Å². The van der Waals surface area contributed by atoms with Crippen LogP contribution in [0.3, 0.4) is 0 Å². The molecular formula is C19H17BrN2O4. The van der Waals surface area contributed by atoms with Crippen LogP contribution < -0.4 is 10.6 Å². The molecule has 6 nitrogen and oxygen atoms in total. The molecule has 0 radical (unpaired) electrons. The van der Waals surface area contributed by atoms with Crippen LogP contribution in [0, 0.1) is 6.92 Å². The van der Waals surface area contributed by atoms with Gasteiger partial charge in [0, 0.05) is 10.0 Å². The molecule has 2 aromatic carbocycles. The van der Waals surface area contributed by atoms with Gasteiger partial charge in [0.1, 0.15) is 12.2 Å². The number of carboxylic acid groups (broad SMARTS) is 1. The van der Waals surface area contributed by atoms with E-state index in [-0.39, 0.29) is 5.70 Å². The summed E-state index contributed by atoms with van der Waals surface area (Å²) < 4.78 is 0.807. The van der Waals surface area contributed by atoms with E-state index >= 15 is 0 Å². The maximum absolute atomic E-state index is 12.4. The fourth-order valence-electron chi connectivity index (χ4n) is 2.07. The second-order valence-corrected chi connectivity index (χ2v) is 6.43. The maximum Gasteiger partial charge on any atom is 0.322 e. The van der Waals surface area contributed by atoms with Crippen molar-refractivity contribution in [3.63, 3.8) is 0 Å². The van der Waals surface area contributed by atoms with Gasteiger partial charge in [-0.1, -0.05) is 45.8 Å². The molecule has 0 fully saturated rings. The lowest BCUT2D eigenvalue weighted by Gasteiger charge is -2.10. The van der Waals surface area contributed by atoms with Gasteiger partial charge in [0.15, 0.2) is 0 Å². The molecule has 0 atom stereocenters. The molecule has 2 amide bonds. The molecule has 0 unspecified atom stereocenters. The summed E-state index contributed by atoms with van der Waals surface area (Å²) in [6.45, 7) is 1.36. The molecule has 0 saturated carbocycles. The third kappa shape index (κ3) is 5.86. The zero-order valence-corrected chi connectivity index (χ0v) is 15.5. The van der Waals surface area contributed by atoms with Gasteiger partial charge in [0.2, 0.25) is 0 Å². The highest BCUT2D eigenvalue weighted by Gasteiger charge is 2.15. The van der Waals surface area contributed by atoms with Gasteiger partial charge >= 0.3 is 5.97 Å². The van der Waals surface area contributed by atoms with Gasteiger partial charge in [-0.25, -0.2) is 0 Å². The summed E-state index contributed by atoms with van der Waals surface area (Å²) in [6.07, 6.45) is 1.48. The lowest BCUT2D eigenvalue weighted by molar-refractivity contribution is -0.137. The fourth-order valence-corrected chi connectivity index (χ4v) is 2.49. The maximum atomic E-state index is 12.4. The van der Waals surface area contributed by atoms with Crippen molar-refractivity contribution in [3.05, 3.63) is 75.4 Å². The van der Waals surface area contributed by atoms with Crippen LogP contribution in [0.15, 0.2) is 58.7 Å². The first kappa shape index (κ1) is 19.4. The number of carboxylic acids is 1. The first-order valence-corrected chi connectivity index (χ1v) is 8.50. The Balaban J connectivity index is 2.27. The normalized spacial score (nSPS) is 10.9. The number of aliphatic carboxylic acids is 1. The van der Waals surface area contributed by atoms with Crippen molar-refractivity contribution in [2.45, 2.75) is 6.92 Å². The number of hydrogen-bond donors (Lipinski definition) is 3. The molecule has 0 bridgehead atoms. The van der Waals surface area contributed by atoms with E-state index in [1.54, 1.807) is 42.5 Å². The average molecular weight is 417 g/mol. The van der Waals surface area contributed by atoms with Gasteiger partial charge in [0.05, 0.1) is 0 Å². The Morgan fingerprint density at radius 2 is 1.81 bits per heavy atom. The van der Waals surface area contributed by atoms with Gasteiger partial charge < -0.3 is 15.7 Å². The SMILES string of the molecule is Cc1ccc(C(=O)N/C(=C/c2cccc(Br)c2)C(=O)NCC(=O)O)cc1. The van der Waals surface area contributed by atoms with Crippen LogP contribution in [-0.4, -0.2) is 29.4 Å². The standard InChI is InChI=1S/C19H17BrN2O4/c1-12-5-7-14(8-6-12)18(25)22-16(19(26)21-11-17(23)24)10-13-3-2-4-15(20)9-13/h2-10H,11H2,1H3,(H,21,26)(H,22,25)(H,23,24)/b16-10+. The summed E-state index contributed by atoms with van der Waals surface area (Å²) >= 11 is 3.34. The summed E-state index contributed by atoms with van der Waals surface area (Å²) in [5.41, 5.74) is 2.02. The zero-order valence-electron chi connectivity index (χ0n) is 14.0. The minimum Gasteiger partial charge on any atom is -0.480 e. The predicted octanol–water partition coefficient (Wildman–Crippen LogP) is 2.73. The number of halogens is 1. The first-order chi connectivity index (χ1) is 12.3. The number of nitrogens with one attached hydrogen (secondary N) is 2. The number of carbonyl (C=O) groups excluding carboxylic acids is 2. The lowest BCUT2D eigenvalue weighted by atomic mass is 10.1. The lowest BCUT2D eigenvalue weighted by Crippen LogP contribution is -2.37. The molecule has 0 aliphatic carbocycles. The van der Waals surface area contributed by atoms with Gasteiger partial charge in [-0.15, -0.1) is 0 Å². The number of hydrogen-bond acceptors (Lipinski definition) is 3. The highest BCUT2D eigenvalue weighted by atomic mass is 79.9. The number of amides is 2. The summed E-state index contributed by atoms with van der Waals surface area (Å²) in [4.78, 5) is 35.4. The molecule has 0 aliphatic rings.